The molecule has 5 heteroatoms. The maximum atomic E-state index is 11.5. The lowest BCUT2D eigenvalue weighted by atomic mass is 10.4. The van der Waals surface area contributed by atoms with Crippen molar-refractivity contribution in [2.24, 2.45) is 5.73 Å². The van der Waals surface area contributed by atoms with Crippen LogP contribution >= 0.6 is 0 Å². The van der Waals surface area contributed by atoms with E-state index in [-0.39, 0.29) is 12.5 Å². The van der Waals surface area contributed by atoms with Gasteiger partial charge in [0.2, 0.25) is 5.91 Å². The van der Waals surface area contributed by atoms with Crippen molar-refractivity contribution in [2.45, 2.75) is 19.8 Å². The largest absolute Gasteiger partial charge is 0.379 e. The van der Waals surface area contributed by atoms with E-state index in [0.717, 1.165) is 19.4 Å². The summed E-state index contributed by atoms with van der Waals surface area (Å²) in [5.41, 5.74) is 5.36. The number of ether oxygens (including phenoxy) is 2. The van der Waals surface area contributed by atoms with Gasteiger partial charge in [0.15, 0.2) is 0 Å². The van der Waals surface area contributed by atoms with Crippen LogP contribution in [0.3, 0.4) is 0 Å². The Morgan fingerprint density at radius 3 is 2.56 bits per heavy atom. The van der Waals surface area contributed by atoms with Gasteiger partial charge in [0.25, 0.3) is 0 Å². The molecule has 0 saturated heterocycles. The number of nitrogens with zero attached hydrogens (tertiary/aromatic N) is 1. The first kappa shape index (κ1) is 15.3. The molecule has 0 aliphatic carbocycles. The maximum absolute atomic E-state index is 11.5. The van der Waals surface area contributed by atoms with Gasteiger partial charge >= 0.3 is 0 Å². The van der Waals surface area contributed by atoms with Crippen molar-refractivity contribution < 1.29 is 14.3 Å². The summed E-state index contributed by atoms with van der Waals surface area (Å²) in [6.07, 6.45) is 1.82. The van der Waals surface area contributed by atoms with Crippen molar-refractivity contribution in [3.8, 4) is 0 Å². The fourth-order valence-electron chi connectivity index (χ4n) is 1.09. The van der Waals surface area contributed by atoms with E-state index in [4.69, 9.17) is 15.2 Å². The molecule has 0 aliphatic rings. The molecule has 16 heavy (non-hydrogen) atoms. The topological polar surface area (TPSA) is 64.8 Å². The van der Waals surface area contributed by atoms with Crippen LogP contribution in [0.5, 0.6) is 0 Å². The summed E-state index contributed by atoms with van der Waals surface area (Å²) < 4.78 is 10.4. The third-order valence-electron chi connectivity index (χ3n) is 2.07. The predicted octanol–water partition coefficient (Wildman–Crippen LogP) is 0.237. The third-order valence-corrected chi connectivity index (χ3v) is 2.07. The van der Waals surface area contributed by atoms with Gasteiger partial charge in [-0.15, -0.1) is 0 Å². The van der Waals surface area contributed by atoms with E-state index in [1.807, 2.05) is 0 Å². The highest BCUT2D eigenvalue weighted by molar-refractivity contribution is 5.77. The predicted molar refractivity (Wildman–Crippen MR) is 63.2 cm³/mol. The molecule has 0 bridgehead atoms. The van der Waals surface area contributed by atoms with E-state index in [9.17, 15) is 4.79 Å². The van der Waals surface area contributed by atoms with E-state index in [0.29, 0.717) is 26.3 Å². The SMILES string of the molecule is CCCOCCOCC(=O)N(C)CCCN. The lowest BCUT2D eigenvalue weighted by Crippen LogP contribution is -2.32. The van der Waals surface area contributed by atoms with Gasteiger partial charge in [0, 0.05) is 20.2 Å². The van der Waals surface area contributed by atoms with Crippen molar-refractivity contribution >= 4 is 5.91 Å². The number of hydrogen-bond donors (Lipinski definition) is 1. The Balaban J connectivity index is 3.35. The number of hydrogen-bond acceptors (Lipinski definition) is 4. The zero-order chi connectivity index (χ0) is 12.2. The summed E-state index contributed by atoms with van der Waals surface area (Å²) in [5.74, 6) is -0.0102. The average molecular weight is 232 g/mol. The van der Waals surface area contributed by atoms with Crippen LogP contribution in [0.15, 0.2) is 0 Å². The van der Waals surface area contributed by atoms with E-state index >= 15 is 0 Å². The van der Waals surface area contributed by atoms with Gasteiger partial charge in [-0.05, 0) is 19.4 Å². The van der Waals surface area contributed by atoms with E-state index in [1.54, 1.807) is 11.9 Å². The van der Waals surface area contributed by atoms with Crippen LogP contribution in [0.25, 0.3) is 0 Å². The van der Waals surface area contributed by atoms with Gasteiger partial charge in [0.1, 0.15) is 6.61 Å². The van der Waals surface area contributed by atoms with Crippen molar-refractivity contribution in [3.05, 3.63) is 0 Å². The minimum absolute atomic E-state index is 0.0102. The number of carbonyl (C=O) groups excluding carboxylic acids is 1. The van der Waals surface area contributed by atoms with E-state index < -0.39 is 0 Å². The zero-order valence-electron chi connectivity index (χ0n) is 10.4. The Kier molecular flexibility index (Phi) is 10.4. The van der Waals surface area contributed by atoms with Gasteiger partial charge in [-0.25, -0.2) is 0 Å². The molecule has 1 amide bonds. The van der Waals surface area contributed by atoms with E-state index in [2.05, 4.69) is 6.92 Å². The van der Waals surface area contributed by atoms with E-state index in [1.165, 1.54) is 0 Å². The van der Waals surface area contributed by atoms with Crippen LogP contribution < -0.4 is 5.73 Å². The highest BCUT2D eigenvalue weighted by Crippen LogP contribution is 1.89. The highest BCUT2D eigenvalue weighted by atomic mass is 16.5. The Bertz CT molecular complexity index is 177. The van der Waals surface area contributed by atoms with Crippen molar-refractivity contribution in [1.82, 2.24) is 4.90 Å². The second-order valence-electron chi connectivity index (χ2n) is 3.62. The molecule has 0 atom stereocenters. The Morgan fingerprint density at radius 1 is 1.25 bits per heavy atom. The minimum Gasteiger partial charge on any atom is -0.379 e. The quantitative estimate of drug-likeness (QED) is 0.548. The van der Waals surface area contributed by atoms with Gasteiger partial charge in [-0.1, -0.05) is 6.92 Å². The summed E-state index contributed by atoms with van der Waals surface area (Å²) in [6, 6.07) is 0. The fraction of sp³-hybridized carbons (Fsp3) is 0.909. The molecule has 96 valence electrons. The lowest BCUT2D eigenvalue weighted by molar-refractivity contribution is -0.135. The number of rotatable bonds is 10. The Morgan fingerprint density at radius 2 is 1.94 bits per heavy atom. The minimum atomic E-state index is -0.0102. The smallest absolute Gasteiger partial charge is 0.248 e. The molecule has 0 spiro atoms. The summed E-state index contributed by atoms with van der Waals surface area (Å²) in [5, 5.41) is 0. The molecule has 0 fully saturated rings. The summed E-state index contributed by atoms with van der Waals surface area (Å²) >= 11 is 0. The monoisotopic (exact) mass is 232 g/mol. The van der Waals surface area contributed by atoms with Gasteiger partial charge in [0.05, 0.1) is 13.2 Å². The van der Waals surface area contributed by atoms with Gasteiger partial charge in [-0.2, -0.15) is 0 Å². The molecule has 0 heterocycles. The van der Waals surface area contributed by atoms with Crippen LogP contribution in [0.4, 0.5) is 0 Å². The summed E-state index contributed by atoms with van der Waals surface area (Å²) in [6.45, 7) is 5.22. The molecule has 0 aromatic carbocycles. The van der Waals surface area contributed by atoms with Gasteiger partial charge in [-0.3, -0.25) is 4.79 Å². The standard InChI is InChI=1S/C11H24N2O3/c1-3-7-15-8-9-16-10-11(14)13(2)6-4-5-12/h3-10,12H2,1-2H3. The lowest BCUT2D eigenvalue weighted by Gasteiger charge is -2.16. The number of amides is 1. The van der Waals surface area contributed by atoms with Gasteiger partial charge < -0.3 is 20.1 Å². The summed E-state index contributed by atoms with van der Waals surface area (Å²) in [7, 11) is 1.76. The molecule has 0 unspecified atom stereocenters. The molecule has 5 nitrogen and oxygen atoms in total. The van der Waals surface area contributed by atoms with Crippen LogP contribution in [-0.2, 0) is 14.3 Å². The number of nitrogens with two attached hydrogens (primary N) is 1. The first-order chi connectivity index (χ1) is 7.72. The number of carbonyl (C=O) groups is 1. The maximum Gasteiger partial charge on any atom is 0.248 e. The molecule has 0 aliphatic heterocycles. The van der Waals surface area contributed by atoms with Crippen molar-refractivity contribution in [3.63, 3.8) is 0 Å². The second kappa shape index (κ2) is 10.9. The molecular formula is C11H24N2O3. The first-order valence-corrected chi connectivity index (χ1v) is 5.81. The molecule has 0 aromatic rings. The Hall–Kier alpha value is -0.650. The molecular weight excluding hydrogens is 208 g/mol. The fourth-order valence-corrected chi connectivity index (χ4v) is 1.09. The average Bonchev–Trinajstić information content (AvgIpc) is 2.30. The molecule has 0 saturated carbocycles. The third kappa shape index (κ3) is 8.64. The first-order valence-electron chi connectivity index (χ1n) is 5.81. The number of likely N-dealkylation sites (N-methyl/N-ethyl adjacent to an activating group) is 1. The highest BCUT2D eigenvalue weighted by Gasteiger charge is 2.07. The van der Waals surface area contributed by atoms with Crippen LogP contribution in [0.2, 0.25) is 0 Å². The second-order valence-corrected chi connectivity index (χ2v) is 3.62. The van der Waals surface area contributed by atoms with Crippen molar-refractivity contribution in [2.75, 3.05) is 46.6 Å². The molecule has 2 N–H and O–H groups in total. The molecule has 0 radical (unpaired) electrons. The molecule has 0 rings (SSSR count). The van der Waals surface area contributed by atoms with Crippen LogP contribution in [0.1, 0.15) is 19.8 Å². The summed E-state index contributed by atoms with van der Waals surface area (Å²) in [4.78, 5) is 13.1. The normalized spacial score (nSPS) is 10.4. The zero-order valence-corrected chi connectivity index (χ0v) is 10.4. The van der Waals surface area contributed by atoms with Crippen LogP contribution in [-0.4, -0.2) is 57.4 Å². The Labute approximate surface area is 97.9 Å². The molecule has 0 aromatic heterocycles. The van der Waals surface area contributed by atoms with Crippen LogP contribution in [0, 0.1) is 0 Å². The van der Waals surface area contributed by atoms with Crippen molar-refractivity contribution in [1.29, 1.82) is 0 Å².